The number of sulfonamides is 1. The fourth-order valence-corrected chi connectivity index (χ4v) is 5.37. The van der Waals surface area contributed by atoms with Crippen LogP contribution in [0, 0.1) is 0 Å². The lowest BCUT2D eigenvalue weighted by molar-refractivity contribution is -0.125. The van der Waals surface area contributed by atoms with E-state index in [0.717, 1.165) is 45.3 Å². The standard InChI is InChI=1S/C16H31N3O3S/c1-3-9-18-11-7-14(8-12-18)17-16(20)15-6-5-10-19(15)23(21,22)13-4-2/h14-15H,3-13H2,1-2H3,(H,17,20). The molecule has 2 aliphatic heterocycles. The summed E-state index contributed by atoms with van der Waals surface area (Å²) in [5.41, 5.74) is 0. The van der Waals surface area contributed by atoms with Crippen molar-refractivity contribution in [3.05, 3.63) is 0 Å². The van der Waals surface area contributed by atoms with E-state index in [1.807, 2.05) is 6.92 Å². The van der Waals surface area contributed by atoms with Gasteiger partial charge in [-0.1, -0.05) is 13.8 Å². The molecule has 0 spiro atoms. The Morgan fingerprint density at radius 3 is 2.39 bits per heavy atom. The molecule has 0 radical (unpaired) electrons. The van der Waals surface area contributed by atoms with Crippen LogP contribution in [0.1, 0.15) is 52.4 Å². The van der Waals surface area contributed by atoms with E-state index >= 15 is 0 Å². The Hall–Kier alpha value is -0.660. The zero-order valence-electron chi connectivity index (χ0n) is 14.5. The number of hydrogen-bond donors (Lipinski definition) is 1. The molecule has 2 heterocycles. The largest absolute Gasteiger partial charge is 0.352 e. The van der Waals surface area contributed by atoms with Crippen molar-refractivity contribution in [1.29, 1.82) is 0 Å². The van der Waals surface area contributed by atoms with E-state index in [0.29, 0.717) is 19.4 Å². The smallest absolute Gasteiger partial charge is 0.238 e. The van der Waals surface area contributed by atoms with Crippen molar-refractivity contribution < 1.29 is 13.2 Å². The number of piperidine rings is 1. The van der Waals surface area contributed by atoms with Crippen LogP contribution in [0.2, 0.25) is 0 Å². The molecule has 2 fully saturated rings. The number of likely N-dealkylation sites (tertiary alicyclic amines) is 1. The lowest BCUT2D eigenvalue weighted by Crippen LogP contribution is -2.51. The number of nitrogens with zero attached hydrogens (tertiary/aromatic N) is 2. The first kappa shape index (κ1) is 18.7. The topological polar surface area (TPSA) is 69.7 Å². The van der Waals surface area contributed by atoms with Crippen LogP contribution in [0.4, 0.5) is 0 Å². The van der Waals surface area contributed by atoms with Gasteiger partial charge in [0.15, 0.2) is 0 Å². The molecule has 2 saturated heterocycles. The maximum atomic E-state index is 12.6. The number of hydrogen-bond acceptors (Lipinski definition) is 4. The number of nitrogens with one attached hydrogen (secondary N) is 1. The predicted molar refractivity (Wildman–Crippen MR) is 91.7 cm³/mol. The van der Waals surface area contributed by atoms with Crippen molar-refractivity contribution in [2.24, 2.45) is 0 Å². The molecule has 0 bridgehead atoms. The highest BCUT2D eigenvalue weighted by Gasteiger charge is 2.38. The Morgan fingerprint density at radius 2 is 1.78 bits per heavy atom. The van der Waals surface area contributed by atoms with Crippen LogP contribution < -0.4 is 5.32 Å². The van der Waals surface area contributed by atoms with Crippen LogP contribution in [0.25, 0.3) is 0 Å². The number of rotatable bonds is 7. The van der Waals surface area contributed by atoms with E-state index in [9.17, 15) is 13.2 Å². The summed E-state index contributed by atoms with van der Waals surface area (Å²) >= 11 is 0. The fourth-order valence-electron chi connectivity index (χ4n) is 3.62. The van der Waals surface area contributed by atoms with Crippen LogP contribution in [0.15, 0.2) is 0 Å². The highest BCUT2D eigenvalue weighted by molar-refractivity contribution is 7.89. The first-order chi connectivity index (χ1) is 11.0. The van der Waals surface area contributed by atoms with Gasteiger partial charge in [-0.2, -0.15) is 4.31 Å². The van der Waals surface area contributed by atoms with Gasteiger partial charge in [0.25, 0.3) is 0 Å². The lowest BCUT2D eigenvalue weighted by atomic mass is 10.0. The molecule has 134 valence electrons. The summed E-state index contributed by atoms with van der Waals surface area (Å²) in [7, 11) is -3.30. The predicted octanol–water partition coefficient (Wildman–Crippen LogP) is 1.18. The Kier molecular flexibility index (Phi) is 6.85. The van der Waals surface area contributed by atoms with Gasteiger partial charge in [-0.25, -0.2) is 8.42 Å². The molecule has 23 heavy (non-hydrogen) atoms. The van der Waals surface area contributed by atoms with Crippen LogP contribution in [-0.2, 0) is 14.8 Å². The minimum Gasteiger partial charge on any atom is -0.352 e. The third-order valence-electron chi connectivity index (χ3n) is 4.80. The molecule has 0 saturated carbocycles. The normalized spacial score (nSPS) is 24.9. The van der Waals surface area contributed by atoms with Gasteiger partial charge in [0.2, 0.25) is 15.9 Å². The summed E-state index contributed by atoms with van der Waals surface area (Å²) in [5.74, 6) is 0.0303. The van der Waals surface area contributed by atoms with Gasteiger partial charge in [0.05, 0.1) is 5.75 Å². The van der Waals surface area contributed by atoms with Crippen LogP contribution in [0.3, 0.4) is 0 Å². The minimum absolute atomic E-state index is 0.101. The molecule has 1 amide bonds. The minimum atomic E-state index is -3.30. The van der Waals surface area contributed by atoms with E-state index in [2.05, 4.69) is 17.1 Å². The maximum absolute atomic E-state index is 12.6. The molecular weight excluding hydrogens is 314 g/mol. The summed E-state index contributed by atoms with van der Waals surface area (Å²) in [6.07, 6.45) is 5.08. The summed E-state index contributed by atoms with van der Waals surface area (Å²) in [4.78, 5) is 15.0. The van der Waals surface area contributed by atoms with Crippen molar-refractivity contribution in [1.82, 2.24) is 14.5 Å². The molecule has 6 nitrogen and oxygen atoms in total. The second-order valence-electron chi connectivity index (χ2n) is 6.71. The van der Waals surface area contributed by atoms with Gasteiger partial charge >= 0.3 is 0 Å². The molecule has 0 aromatic heterocycles. The van der Waals surface area contributed by atoms with E-state index in [4.69, 9.17) is 0 Å². The van der Waals surface area contributed by atoms with Gasteiger partial charge in [-0.15, -0.1) is 0 Å². The van der Waals surface area contributed by atoms with Crippen molar-refractivity contribution in [3.63, 3.8) is 0 Å². The van der Waals surface area contributed by atoms with Gasteiger partial charge in [0.1, 0.15) is 6.04 Å². The number of carbonyl (C=O) groups excluding carboxylic acids is 1. The monoisotopic (exact) mass is 345 g/mol. The quantitative estimate of drug-likeness (QED) is 0.752. The second kappa shape index (κ2) is 8.44. The second-order valence-corrected chi connectivity index (χ2v) is 8.75. The summed E-state index contributed by atoms with van der Waals surface area (Å²) in [6, 6.07) is -0.313. The van der Waals surface area contributed by atoms with Gasteiger partial charge in [-0.3, -0.25) is 4.79 Å². The molecule has 2 aliphatic rings. The van der Waals surface area contributed by atoms with Gasteiger partial charge in [0, 0.05) is 25.7 Å². The average molecular weight is 346 g/mol. The zero-order valence-corrected chi connectivity index (χ0v) is 15.3. The first-order valence-corrected chi connectivity index (χ1v) is 10.6. The molecule has 1 N–H and O–H groups in total. The van der Waals surface area contributed by atoms with E-state index < -0.39 is 16.1 Å². The van der Waals surface area contributed by atoms with Crippen molar-refractivity contribution in [3.8, 4) is 0 Å². The SMILES string of the molecule is CCCN1CCC(NC(=O)C2CCCN2S(=O)(=O)CCC)CC1. The zero-order chi connectivity index (χ0) is 16.9. The van der Waals surface area contributed by atoms with Crippen molar-refractivity contribution in [2.45, 2.75) is 64.5 Å². The Bertz CT molecular complexity index is 487. The van der Waals surface area contributed by atoms with Crippen LogP contribution in [0.5, 0.6) is 0 Å². The Morgan fingerprint density at radius 1 is 1.09 bits per heavy atom. The Labute approximate surface area is 140 Å². The molecule has 7 heteroatoms. The number of carbonyl (C=O) groups is 1. The highest BCUT2D eigenvalue weighted by atomic mass is 32.2. The van der Waals surface area contributed by atoms with Crippen molar-refractivity contribution in [2.75, 3.05) is 31.9 Å². The summed E-state index contributed by atoms with van der Waals surface area (Å²) in [5, 5.41) is 3.10. The summed E-state index contributed by atoms with van der Waals surface area (Å²) in [6.45, 7) is 7.66. The average Bonchev–Trinajstić information content (AvgIpc) is 3.00. The molecular formula is C16H31N3O3S. The van der Waals surface area contributed by atoms with Crippen LogP contribution in [-0.4, -0.2) is 67.5 Å². The lowest BCUT2D eigenvalue weighted by Gasteiger charge is -2.33. The van der Waals surface area contributed by atoms with Gasteiger partial charge in [-0.05, 0) is 45.1 Å². The molecule has 1 unspecified atom stereocenters. The summed E-state index contributed by atoms with van der Waals surface area (Å²) < 4.78 is 26.0. The Balaban J connectivity index is 1.88. The van der Waals surface area contributed by atoms with E-state index in [1.165, 1.54) is 4.31 Å². The van der Waals surface area contributed by atoms with E-state index in [1.54, 1.807) is 0 Å². The third-order valence-corrected chi connectivity index (χ3v) is 6.88. The molecule has 1 atom stereocenters. The highest BCUT2D eigenvalue weighted by Crippen LogP contribution is 2.22. The maximum Gasteiger partial charge on any atom is 0.238 e. The third kappa shape index (κ3) is 4.90. The fraction of sp³-hybridized carbons (Fsp3) is 0.938. The van der Waals surface area contributed by atoms with Crippen molar-refractivity contribution >= 4 is 15.9 Å². The molecule has 2 rings (SSSR count). The molecule has 0 aromatic carbocycles. The van der Waals surface area contributed by atoms with Crippen LogP contribution >= 0.6 is 0 Å². The van der Waals surface area contributed by atoms with Gasteiger partial charge < -0.3 is 10.2 Å². The van der Waals surface area contributed by atoms with E-state index in [-0.39, 0.29) is 17.7 Å². The first-order valence-electron chi connectivity index (χ1n) is 9.00. The number of amides is 1. The molecule has 0 aromatic rings. The molecule has 0 aliphatic carbocycles.